The van der Waals surface area contributed by atoms with E-state index in [2.05, 4.69) is 17.3 Å². The van der Waals surface area contributed by atoms with Gasteiger partial charge in [0.25, 0.3) is 0 Å². The molecule has 1 heterocycles. The summed E-state index contributed by atoms with van der Waals surface area (Å²) < 4.78 is 5.44. The van der Waals surface area contributed by atoms with Crippen molar-refractivity contribution in [2.45, 2.75) is 50.7 Å². The van der Waals surface area contributed by atoms with Crippen molar-refractivity contribution in [3.05, 3.63) is 0 Å². The van der Waals surface area contributed by atoms with Gasteiger partial charge in [0.2, 0.25) is 0 Å². The van der Waals surface area contributed by atoms with Crippen molar-refractivity contribution in [1.82, 2.24) is 10.2 Å². The Bertz CT molecular complexity index is 208. The molecule has 2 fully saturated rings. The molecule has 0 unspecified atom stereocenters. The van der Waals surface area contributed by atoms with Crippen LogP contribution >= 0.6 is 0 Å². The largest absolute Gasteiger partial charge is 0.381 e. The molecular weight excluding hydrogens is 212 g/mol. The van der Waals surface area contributed by atoms with Crippen LogP contribution in [-0.4, -0.2) is 50.8 Å². The Kier molecular flexibility index (Phi) is 5.26. The molecule has 1 saturated heterocycles. The van der Waals surface area contributed by atoms with Gasteiger partial charge in [-0.3, -0.25) is 0 Å². The van der Waals surface area contributed by atoms with E-state index in [1.807, 2.05) is 7.11 Å². The maximum atomic E-state index is 5.44. The monoisotopic (exact) mass is 240 g/mol. The molecule has 1 N–H and O–H groups in total. The molecule has 0 spiro atoms. The van der Waals surface area contributed by atoms with Crippen LogP contribution in [0.4, 0.5) is 0 Å². The van der Waals surface area contributed by atoms with Crippen LogP contribution in [0.1, 0.15) is 38.5 Å². The topological polar surface area (TPSA) is 24.5 Å². The zero-order valence-electron chi connectivity index (χ0n) is 11.5. The van der Waals surface area contributed by atoms with Crippen LogP contribution in [0.3, 0.4) is 0 Å². The Hall–Kier alpha value is -0.120. The molecule has 0 atom stereocenters. The first kappa shape index (κ1) is 13.3. The van der Waals surface area contributed by atoms with Crippen LogP contribution in [0.5, 0.6) is 0 Å². The van der Waals surface area contributed by atoms with E-state index in [1.165, 1.54) is 58.2 Å². The lowest BCUT2D eigenvalue weighted by atomic mass is 9.90. The molecule has 0 aromatic heterocycles. The van der Waals surface area contributed by atoms with E-state index in [1.54, 1.807) is 0 Å². The zero-order chi connectivity index (χ0) is 12.1. The normalized spacial score (nSPS) is 31.9. The average molecular weight is 240 g/mol. The quantitative estimate of drug-likeness (QED) is 0.812. The van der Waals surface area contributed by atoms with Crippen LogP contribution in [0, 0.1) is 5.92 Å². The molecule has 0 aromatic carbocycles. The van der Waals surface area contributed by atoms with E-state index < -0.39 is 0 Å². The Balaban J connectivity index is 1.70. The molecule has 3 heteroatoms. The second-order valence-corrected chi connectivity index (χ2v) is 5.80. The second-order valence-electron chi connectivity index (χ2n) is 5.80. The van der Waals surface area contributed by atoms with Crippen LogP contribution in [-0.2, 0) is 4.74 Å². The number of nitrogens with zero attached hydrogens (tertiary/aromatic N) is 1. The molecule has 0 amide bonds. The number of hydrogen-bond donors (Lipinski definition) is 1. The number of piperidine rings is 1. The summed E-state index contributed by atoms with van der Waals surface area (Å²) in [4.78, 5) is 2.61. The van der Waals surface area contributed by atoms with Gasteiger partial charge in [0.05, 0.1) is 6.10 Å². The SMILES string of the molecule is COC1CCC(N(C)CC2CCNCC2)CC1. The van der Waals surface area contributed by atoms with Crippen molar-refractivity contribution in [2.24, 2.45) is 5.92 Å². The van der Waals surface area contributed by atoms with Crippen LogP contribution < -0.4 is 5.32 Å². The minimum Gasteiger partial charge on any atom is -0.381 e. The number of rotatable bonds is 4. The third-order valence-corrected chi connectivity index (χ3v) is 4.61. The summed E-state index contributed by atoms with van der Waals surface area (Å²) in [5.74, 6) is 0.918. The number of ether oxygens (including phenoxy) is 1. The van der Waals surface area contributed by atoms with Crippen molar-refractivity contribution in [3.8, 4) is 0 Å². The van der Waals surface area contributed by atoms with Gasteiger partial charge in [-0.25, -0.2) is 0 Å². The zero-order valence-corrected chi connectivity index (χ0v) is 11.5. The molecule has 1 aliphatic heterocycles. The summed E-state index contributed by atoms with van der Waals surface area (Å²) in [7, 11) is 4.17. The minimum absolute atomic E-state index is 0.526. The van der Waals surface area contributed by atoms with Crippen LogP contribution in [0.25, 0.3) is 0 Å². The first-order chi connectivity index (χ1) is 8.29. The van der Waals surface area contributed by atoms with Gasteiger partial charge in [-0.1, -0.05) is 0 Å². The van der Waals surface area contributed by atoms with Gasteiger partial charge < -0.3 is 15.0 Å². The van der Waals surface area contributed by atoms with E-state index in [0.717, 1.165) is 12.0 Å². The van der Waals surface area contributed by atoms with Crippen molar-refractivity contribution in [3.63, 3.8) is 0 Å². The number of hydrogen-bond acceptors (Lipinski definition) is 3. The molecule has 2 rings (SSSR count). The summed E-state index contributed by atoms with van der Waals surface area (Å²) in [6.45, 7) is 3.73. The van der Waals surface area contributed by atoms with E-state index in [9.17, 15) is 0 Å². The smallest absolute Gasteiger partial charge is 0.0572 e. The van der Waals surface area contributed by atoms with Crippen molar-refractivity contribution < 1.29 is 4.74 Å². The predicted octanol–water partition coefficient (Wildman–Crippen LogP) is 1.88. The van der Waals surface area contributed by atoms with Gasteiger partial charge in [-0.2, -0.15) is 0 Å². The van der Waals surface area contributed by atoms with E-state index in [4.69, 9.17) is 4.74 Å². The fourth-order valence-corrected chi connectivity index (χ4v) is 3.34. The van der Waals surface area contributed by atoms with Gasteiger partial charge >= 0.3 is 0 Å². The molecule has 0 bridgehead atoms. The third kappa shape index (κ3) is 3.94. The fourth-order valence-electron chi connectivity index (χ4n) is 3.34. The lowest BCUT2D eigenvalue weighted by Crippen LogP contribution is -2.41. The molecule has 1 aliphatic carbocycles. The average Bonchev–Trinajstić information content (AvgIpc) is 2.40. The van der Waals surface area contributed by atoms with Gasteiger partial charge in [-0.15, -0.1) is 0 Å². The lowest BCUT2D eigenvalue weighted by molar-refractivity contribution is 0.0401. The van der Waals surface area contributed by atoms with Gasteiger partial charge in [0.15, 0.2) is 0 Å². The first-order valence-electron chi connectivity index (χ1n) is 7.23. The Labute approximate surface area is 106 Å². The Morgan fingerprint density at radius 1 is 1.06 bits per heavy atom. The molecular formula is C14H28N2O. The molecule has 1 saturated carbocycles. The summed E-state index contributed by atoms with van der Waals surface area (Å²) in [6.07, 6.45) is 8.38. The summed E-state index contributed by atoms with van der Waals surface area (Å²) >= 11 is 0. The highest BCUT2D eigenvalue weighted by Crippen LogP contribution is 2.25. The number of nitrogens with one attached hydrogen (secondary N) is 1. The van der Waals surface area contributed by atoms with Gasteiger partial charge in [-0.05, 0) is 64.6 Å². The summed E-state index contributed by atoms with van der Waals surface area (Å²) in [5.41, 5.74) is 0. The lowest BCUT2D eigenvalue weighted by Gasteiger charge is -2.36. The van der Waals surface area contributed by atoms with Crippen molar-refractivity contribution >= 4 is 0 Å². The molecule has 2 aliphatic rings. The molecule has 0 aromatic rings. The molecule has 0 radical (unpaired) electrons. The van der Waals surface area contributed by atoms with Crippen molar-refractivity contribution in [1.29, 1.82) is 0 Å². The predicted molar refractivity (Wildman–Crippen MR) is 71.3 cm³/mol. The summed E-state index contributed by atoms with van der Waals surface area (Å²) in [5, 5.41) is 3.45. The highest BCUT2D eigenvalue weighted by molar-refractivity contribution is 4.80. The van der Waals surface area contributed by atoms with Crippen LogP contribution in [0.15, 0.2) is 0 Å². The molecule has 17 heavy (non-hydrogen) atoms. The third-order valence-electron chi connectivity index (χ3n) is 4.61. The van der Waals surface area contributed by atoms with E-state index >= 15 is 0 Å². The maximum Gasteiger partial charge on any atom is 0.0572 e. The van der Waals surface area contributed by atoms with Gasteiger partial charge in [0.1, 0.15) is 0 Å². The first-order valence-corrected chi connectivity index (χ1v) is 7.23. The Morgan fingerprint density at radius 3 is 2.29 bits per heavy atom. The second kappa shape index (κ2) is 6.72. The summed E-state index contributed by atoms with van der Waals surface area (Å²) in [6, 6.07) is 0.802. The van der Waals surface area contributed by atoms with Crippen molar-refractivity contribution in [2.75, 3.05) is 33.8 Å². The highest BCUT2D eigenvalue weighted by Gasteiger charge is 2.25. The van der Waals surface area contributed by atoms with E-state index in [0.29, 0.717) is 6.10 Å². The standard InChI is InChI=1S/C14H28N2O/c1-16(11-12-7-9-15-10-8-12)13-3-5-14(17-2)6-4-13/h12-15H,3-11H2,1-2H3. The molecule has 100 valence electrons. The number of methoxy groups -OCH3 is 1. The Morgan fingerprint density at radius 2 is 1.71 bits per heavy atom. The highest BCUT2D eigenvalue weighted by atomic mass is 16.5. The fraction of sp³-hybridized carbons (Fsp3) is 1.00. The van der Waals surface area contributed by atoms with E-state index in [-0.39, 0.29) is 0 Å². The molecule has 3 nitrogen and oxygen atoms in total. The van der Waals surface area contributed by atoms with Crippen LogP contribution in [0.2, 0.25) is 0 Å². The minimum atomic E-state index is 0.526. The maximum absolute atomic E-state index is 5.44. The van der Waals surface area contributed by atoms with Gasteiger partial charge in [0, 0.05) is 19.7 Å².